The zero-order valence-electron chi connectivity index (χ0n) is 47.5. The number of methoxy groups -OCH3 is 4. The lowest BCUT2D eigenvalue weighted by atomic mass is 9.78. The number of allylic oxidation sites excluding steroid dienone is 5. The third kappa shape index (κ3) is 17.1. The third-order valence-corrected chi connectivity index (χ3v) is 16.6. The Hall–Kier alpha value is -4.73. The normalized spacial score (nSPS) is 36.3. The number of aliphatic hydroxyl groups is 2. The molecule has 1 aliphatic carbocycles. The highest BCUT2D eigenvalue weighted by molar-refractivity contribution is 7.79. The lowest BCUT2D eigenvalue weighted by molar-refractivity contribution is -0.384. The molecule has 2 bridgehead atoms. The molecule has 1 aromatic rings. The maximum atomic E-state index is 14.8. The smallest absolute Gasteiger partial charge is 0.358 e. The van der Waals surface area contributed by atoms with E-state index >= 15 is 0 Å². The molecule has 78 heavy (non-hydrogen) atoms. The van der Waals surface area contributed by atoms with Crippen molar-refractivity contribution in [3.63, 3.8) is 0 Å². The molecule has 1 amide bonds. The molecule has 2 saturated heterocycles. The molecule has 18 nitrogen and oxygen atoms in total. The van der Waals surface area contributed by atoms with Crippen LogP contribution in [0.3, 0.4) is 0 Å². The van der Waals surface area contributed by atoms with Crippen LogP contribution in [0.2, 0.25) is 0 Å². The van der Waals surface area contributed by atoms with E-state index in [0.29, 0.717) is 69.8 Å². The summed E-state index contributed by atoms with van der Waals surface area (Å²) < 4.78 is 48.1. The second-order valence-corrected chi connectivity index (χ2v) is 22.5. The summed E-state index contributed by atoms with van der Waals surface area (Å²) in [5, 5.41) is 34.8. The highest BCUT2D eigenvalue weighted by atomic mass is 32.1. The van der Waals surface area contributed by atoms with Crippen LogP contribution in [0, 0.1) is 45.6 Å². The van der Waals surface area contributed by atoms with Crippen molar-refractivity contribution in [3.05, 3.63) is 82.0 Å². The van der Waals surface area contributed by atoms with Gasteiger partial charge in [0.1, 0.15) is 36.2 Å². The number of fused-ring (bicyclic) bond motifs is 3. The van der Waals surface area contributed by atoms with E-state index in [-0.39, 0.29) is 71.6 Å². The zero-order chi connectivity index (χ0) is 57.4. The molecule has 5 rings (SSSR count). The average Bonchev–Trinajstić information content (AvgIpc) is 3.44. The van der Waals surface area contributed by atoms with Crippen molar-refractivity contribution in [2.75, 3.05) is 35.0 Å². The van der Waals surface area contributed by atoms with E-state index in [1.165, 1.54) is 36.3 Å². The van der Waals surface area contributed by atoms with Crippen molar-refractivity contribution in [1.29, 1.82) is 0 Å². The number of nitrogens with zero attached hydrogens (tertiary/aromatic N) is 2. The summed E-state index contributed by atoms with van der Waals surface area (Å²) in [4.78, 5) is 69.4. The molecule has 1 saturated carbocycles. The number of hydrogen-bond donors (Lipinski definition) is 2. The summed E-state index contributed by atoms with van der Waals surface area (Å²) in [6.07, 6.45) is 11.6. The van der Waals surface area contributed by atoms with Gasteiger partial charge in [-0.2, -0.15) is 0 Å². The first-order valence-electron chi connectivity index (χ1n) is 27.7. The Morgan fingerprint density at radius 3 is 2.21 bits per heavy atom. The lowest BCUT2D eigenvalue weighted by Gasteiger charge is -2.43. The number of hydrogen-bond acceptors (Lipinski definition) is 17. The van der Waals surface area contributed by atoms with Crippen LogP contribution in [0.25, 0.3) is 0 Å². The van der Waals surface area contributed by atoms with Gasteiger partial charge in [0, 0.05) is 89.9 Å². The quantitative estimate of drug-likeness (QED) is 0.0556. The highest BCUT2D eigenvalue weighted by Gasteiger charge is 2.53. The zero-order valence-corrected chi connectivity index (χ0v) is 48.4. The highest BCUT2D eigenvalue weighted by Crippen LogP contribution is 2.39. The maximum absolute atomic E-state index is 14.8. The van der Waals surface area contributed by atoms with E-state index in [0.717, 1.165) is 5.57 Å². The first-order valence-corrected chi connectivity index (χ1v) is 28.1. The van der Waals surface area contributed by atoms with Crippen LogP contribution < -0.4 is 4.74 Å². The van der Waals surface area contributed by atoms with Gasteiger partial charge in [0.25, 0.3) is 17.4 Å². The Kier molecular flexibility index (Phi) is 24.8. The number of amides is 1. The van der Waals surface area contributed by atoms with Crippen molar-refractivity contribution < 1.29 is 72.2 Å². The van der Waals surface area contributed by atoms with Gasteiger partial charge < -0.3 is 53.0 Å². The fraction of sp³-hybridized carbons (Fsp3) is 0.678. The van der Waals surface area contributed by atoms with Gasteiger partial charge in [-0.3, -0.25) is 24.5 Å². The first-order chi connectivity index (χ1) is 37.0. The number of rotatable bonds is 10. The summed E-state index contributed by atoms with van der Waals surface area (Å²) in [5.74, 6) is -6.91. The summed E-state index contributed by atoms with van der Waals surface area (Å²) >= 11 is 5.42. The molecular weight excluding hydrogens is 1020 g/mol. The number of aliphatic hydroxyl groups excluding tert-OH is 1. The van der Waals surface area contributed by atoms with E-state index in [1.807, 2.05) is 71.1 Å². The topological polar surface area (TPSA) is 229 Å². The number of nitro groups is 1. The van der Waals surface area contributed by atoms with E-state index in [2.05, 4.69) is 0 Å². The van der Waals surface area contributed by atoms with Gasteiger partial charge in [-0.15, -0.1) is 0 Å². The number of Topliss-reactive ketones (excluding diaryl/α,β-unsaturated/α-hetero) is 2. The van der Waals surface area contributed by atoms with Crippen molar-refractivity contribution in [3.8, 4) is 5.75 Å². The number of cyclic esters (lactones) is 1. The number of thiocarbonyl (C=S) groups is 1. The molecule has 16 atom stereocenters. The van der Waals surface area contributed by atoms with Crippen LogP contribution in [0.15, 0.2) is 71.9 Å². The summed E-state index contributed by atoms with van der Waals surface area (Å²) in [6, 6.07) is 4.38. The summed E-state index contributed by atoms with van der Waals surface area (Å²) in [6.45, 7) is 13.2. The van der Waals surface area contributed by atoms with Gasteiger partial charge in [0.2, 0.25) is 5.79 Å². The molecular formula is C59H86N2O16S. The standard InChI is InChI=1S/C59H86N2O16S/c1-35-17-13-12-14-18-36(2)48(70-8)33-45-24-20-41(7)59(67,77-45)55(64)56(65)60-28-16-15-19-46(60)57(66)75-50(34-49(71-9)37(3)30-40(6)53(63)54(73-11)52(62)39(5)29-35)38(4)31-42-21-27-47(51(32-42)72-10)76-58(78)74-44-25-22-43(23-26-44)61(68)69/h12-14,17-18,22-23,25-26,30,35,37-39,41-42,45-51,53-54,63,67H,15-16,19-21,24,27-29,31-34H2,1-11H3/b14-12+,17-13+,36-18+,40-30+/t35-,37-,38-,39-,41-,42+,45+,46+,47-,48+,49-,50+,51-,53-,54+,59-/m1/s1. The van der Waals surface area contributed by atoms with E-state index < -0.39 is 89.0 Å². The summed E-state index contributed by atoms with van der Waals surface area (Å²) in [5.41, 5.74) is 1.29. The third-order valence-electron chi connectivity index (χ3n) is 16.4. The van der Waals surface area contributed by atoms with E-state index in [9.17, 15) is 39.5 Å². The Balaban J connectivity index is 1.44. The van der Waals surface area contributed by atoms with Crippen molar-refractivity contribution in [2.45, 2.75) is 186 Å². The fourth-order valence-electron chi connectivity index (χ4n) is 11.6. The minimum absolute atomic E-state index is 0.0202. The predicted molar refractivity (Wildman–Crippen MR) is 296 cm³/mol. The van der Waals surface area contributed by atoms with Crippen LogP contribution in [0.5, 0.6) is 5.75 Å². The van der Waals surface area contributed by atoms with E-state index in [4.69, 9.17) is 50.1 Å². The van der Waals surface area contributed by atoms with E-state index in [1.54, 1.807) is 35.2 Å². The number of non-ortho nitro benzene ring substituents is 1. The van der Waals surface area contributed by atoms with Gasteiger partial charge >= 0.3 is 11.2 Å². The van der Waals surface area contributed by atoms with Gasteiger partial charge in [0.05, 0.1) is 29.3 Å². The van der Waals surface area contributed by atoms with Gasteiger partial charge in [-0.25, -0.2) is 4.79 Å². The first kappa shape index (κ1) is 64.1. The number of esters is 1. The van der Waals surface area contributed by atoms with Crippen LogP contribution in [0.4, 0.5) is 5.69 Å². The molecule has 1 aromatic carbocycles. The minimum Gasteiger partial charge on any atom is -0.460 e. The van der Waals surface area contributed by atoms with Crippen molar-refractivity contribution in [2.24, 2.45) is 35.5 Å². The number of ketones is 2. The van der Waals surface area contributed by atoms with Crippen LogP contribution >= 0.6 is 12.2 Å². The van der Waals surface area contributed by atoms with Gasteiger partial charge in [-0.1, -0.05) is 71.1 Å². The molecule has 0 aromatic heterocycles. The largest absolute Gasteiger partial charge is 0.460 e. The number of piperidine rings is 1. The molecule has 19 heteroatoms. The van der Waals surface area contributed by atoms with Crippen LogP contribution in [0.1, 0.15) is 126 Å². The van der Waals surface area contributed by atoms with Crippen LogP contribution in [-0.4, -0.2) is 144 Å². The van der Waals surface area contributed by atoms with Gasteiger partial charge in [0.15, 0.2) is 5.78 Å². The van der Waals surface area contributed by atoms with Crippen molar-refractivity contribution >= 4 is 46.6 Å². The molecule has 3 aliphatic heterocycles. The molecule has 2 N–H and O–H groups in total. The number of nitro benzene ring substituents is 1. The number of carbonyl (C=O) groups excluding carboxylic acids is 4. The molecule has 3 heterocycles. The monoisotopic (exact) mass is 1110 g/mol. The van der Waals surface area contributed by atoms with Gasteiger partial charge in [-0.05, 0) is 119 Å². The molecule has 3 fully saturated rings. The maximum Gasteiger partial charge on any atom is 0.358 e. The van der Waals surface area contributed by atoms with Crippen LogP contribution in [-0.2, 0) is 52.3 Å². The lowest BCUT2D eigenvalue weighted by Crippen LogP contribution is -2.61. The molecule has 4 aliphatic rings. The summed E-state index contributed by atoms with van der Waals surface area (Å²) in [7, 11) is 6.15. The van der Waals surface area contributed by atoms with Crippen molar-refractivity contribution in [1.82, 2.24) is 4.90 Å². The second-order valence-electron chi connectivity index (χ2n) is 22.2. The number of benzene rings is 1. The Morgan fingerprint density at radius 2 is 1.55 bits per heavy atom. The minimum atomic E-state index is -2.44. The SMILES string of the molecule is CO[C@H]1C[C@@H]2CC[C@@H](C)[C@@](O)(O2)C(=O)C(=O)N2CCCC[C@H]2C(=O)O[C@H]([C@H](C)C[C@@H]2CC[C@@H](OC(=S)Oc3ccc([N+](=O)[O-])cc3)[C@H](OC)C2)C[C@@H](OC)[C@H](C)/C=C(\C)[C@@H](O)[C@@H](OC)C(=O)[C@H](C)C[C@H](C)/C=C/C=C/C=C/1C. The Morgan fingerprint density at radius 1 is 0.846 bits per heavy atom. The molecule has 0 radical (unpaired) electrons. The molecule has 0 spiro atoms. The Labute approximate surface area is 466 Å². The number of carbonyl (C=O) groups is 4. The average molecular weight is 1110 g/mol. The molecule has 434 valence electrons. The predicted octanol–water partition coefficient (Wildman–Crippen LogP) is 8.92. The fourth-order valence-corrected chi connectivity index (χ4v) is 11.8. The number of ether oxygens (including phenoxy) is 8. The molecule has 0 unspecified atom stereocenters. The second kappa shape index (κ2) is 30.2. The Bertz CT molecular complexity index is 2320.